The van der Waals surface area contributed by atoms with Crippen molar-refractivity contribution in [2.45, 2.75) is 27.7 Å². The Morgan fingerprint density at radius 3 is 1.00 bits per heavy atom. The molecule has 2 bridgehead atoms. The molecule has 0 nitrogen and oxygen atoms in total. The number of fused-ring (bicyclic) bond motifs is 2. The molecule has 0 spiro atoms. The van der Waals surface area contributed by atoms with E-state index in [2.05, 4.69) is 52.0 Å². The van der Waals surface area contributed by atoms with E-state index in [1.54, 1.807) is 0 Å². The lowest BCUT2D eigenvalue weighted by Gasteiger charge is -2.39. The minimum absolute atomic E-state index is 0.307. The fourth-order valence-electron chi connectivity index (χ4n) is 2.22. The Balaban J connectivity index is 2.59. The molecule has 0 aliphatic heterocycles. The van der Waals surface area contributed by atoms with Crippen molar-refractivity contribution < 1.29 is 0 Å². The van der Waals surface area contributed by atoms with Crippen LogP contribution < -0.4 is 0 Å². The Morgan fingerprint density at radius 1 is 0.636 bits per heavy atom. The molecule has 0 unspecified atom stereocenters. The Bertz CT molecular complexity index is 215. The zero-order valence-corrected chi connectivity index (χ0v) is 7.81. The van der Waals surface area contributed by atoms with Gasteiger partial charge >= 0.3 is 0 Å². The molecule has 0 aromatic carbocycles. The molecule has 0 aromatic heterocycles. The Kier molecular flexibility index (Phi) is 0.960. The molecular weight excluding hydrogens is 132 g/mol. The van der Waals surface area contributed by atoms with Crippen LogP contribution in [0.1, 0.15) is 27.7 Å². The number of hydrogen-bond acceptors (Lipinski definition) is 0. The third-order valence-electron chi connectivity index (χ3n) is 4.24. The van der Waals surface area contributed by atoms with Crippen LogP contribution in [-0.2, 0) is 0 Å². The van der Waals surface area contributed by atoms with Crippen LogP contribution in [0.4, 0.5) is 0 Å². The maximum absolute atomic E-state index is 2.35. The lowest BCUT2D eigenvalue weighted by molar-refractivity contribution is 0.140. The van der Waals surface area contributed by atoms with Crippen molar-refractivity contribution in [3.63, 3.8) is 0 Å². The van der Waals surface area contributed by atoms with Gasteiger partial charge in [-0.2, -0.15) is 0 Å². The van der Waals surface area contributed by atoms with E-state index in [1.165, 1.54) is 0 Å². The second-order valence-corrected chi connectivity index (χ2v) is 4.86. The van der Waals surface area contributed by atoms with Gasteiger partial charge < -0.3 is 0 Å². The van der Waals surface area contributed by atoms with Gasteiger partial charge in [-0.05, 0) is 5.41 Å². The number of allylic oxidation sites excluding steroid dienone is 4. The van der Waals surface area contributed by atoms with Gasteiger partial charge in [0.25, 0.3) is 0 Å². The highest BCUT2D eigenvalue weighted by Gasteiger charge is 2.56. The van der Waals surface area contributed by atoms with Gasteiger partial charge in [-0.25, -0.2) is 0 Å². The smallest absolute Gasteiger partial charge is 0.00956 e. The first-order valence-electron chi connectivity index (χ1n) is 4.32. The van der Waals surface area contributed by atoms with Crippen molar-refractivity contribution in [2.24, 2.45) is 16.2 Å². The van der Waals surface area contributed by atoms with Crippen LogP contribution in [0.3, 0.4) is 0 Å². The summed E-state index contributed by atoms with van der Waals surface area (Å²) in [6.07, 6.45) is 9.42. The first-order valence-corrected chi connectivity index (χ1v) is 4.32. The predicted molar refractivity (Wildman–Crippen MR) is 48.3 cm³/mol. The molecule has 60 valence electrons. The quantitative estimate of drug-likeness (QED) is 0.463. The highest BCUT2D eigenvalue weighted by atomic mass is 14.6. The molecule has 0 heteroatoms. The molecule has 0 saturated heterocycles. The second kappa shape index (κ2) is 1.48. The lowest BCUT2D eigenvalue weighted by Crippen LogP contribution is -2.33. The van der Waals surface area contributed by atoms with Crippen LogP contribution in [0.25, 0.3) is 0 Å². The molecule has 0 radical (unpaired) electrons. The summed E-state index contributed by atoms with van der Waals surface area (Å²) in [5.74, 6) is 0. The van der Waals surface area contributed by atoms with E-state index in [-0.39, 0.29) is 0 Å². The minimum atomic E-state index is 0.307. The van der Waals surface area contributed by atoms with Crippen LogP contribution >= 0.6 is 0 Å². The van der Waals surface area contributed by atoms with Crippen LogP contribution in [-0.4, -0.2) is 0 Å². The highest BCUT2D eigenvalue weighted by Crippen LogP contribution is 2.64. The molecular formula is C11H16. The summed E-state index contributed by atoms with van der Waals surface area (Å²) in [6, 6.07) is 0. The zero-order valence-electron chi connectivity index (χ0n) is 7.81. The Hall–Kier alpha value is -0.520. The molecule has 0 amide bonds. The van der Waals surface area contributed by atoms with E-state index in [1.807, 2.05) is 0 Å². The van der Waals surface area contributed by atoms with Gasteiger partial charge in [-0.1, -0.05) is 52.0 Å². The van der Waals surface area contributed by atoms with Gasteiger partial charge in [0.2, 0.25) is 0 Å². The standard InChI is InChI=1S/C11H16/c1-9(2)10(3)5-7-11(9,4)8-6-10/h5-8H,1-4H3. The minimum Gasteiger partial charge on any atom is -0.0774 e. The van der Waals surface area contributed by atoms with E-state index in [0.29, 0.717) is 16.2 Å². The fraction of sp³-hybridized carbons (Fsp3) is 0.636. The largest absolute Gasteiger partial charge is 0.0774 e. The van der Waals surface area contributed by atoms with Gasteiger partial charge in [-0.15, -0.1) is 0 Å². The van der Waals surface area contributed by atoms with Crippen molar-refractivity contribution in [3.8, 4) is 0 Å². The number of rotatable bonds is 0. The zero-order chi connectivity index (χ0) is 8.33. The monoisotopic (exact) mass is 148 g/mol. The molecule has 0 N–H and O–H groups in total. The van der Waals surface area contributed by atoms with Gasteiger partial charge in [-0.3, -0.25) is 0 Å². The van der Waals surface area contributed by atoms with Crippen molar-refractivity contribution in [2.75, 3.05) is 0 Å². The maximum Gasteiger partial charge on any atom is 0.00956 e. The molecule has 0 heterocycles. The fourth-order valence-corrected chi connectivity index (χ4v) is 2.22. The van der Waals surface area contributed by atoms with Gasteiger partial charge in [0.05, 0.1) is 0 Å². The van der Waals surface area contributed by atoms with E-state index < -0.39 is 0 Å². The second-order valence-electron chi connectivity index (χ2n) is 4.86. The topological polar surface area (TPSA) is 0 Å². The first kappa shape index (κ1) is 7.15. The third-order valence-corrected chi connectivity index (χ3v) is 4.24. The highest BCUT2D eigenvalue weighted by molar-refractivity contribution is 5.39. The molecule has 0 saturated carbocycles. The third kappa shape index (κ3) is 0.535. The SMILES string of the molecule is CC12C=CC(C)(C=C1)C2(C)C. The van der Waals surface area contributed by atoms with E-state index in [4.69, 9.17) is 0 Å². The van der Waals surface area contributed by atoms with Crippen molar-refractivity contribution in [3.05, 3.63) is 24.3 Å². The molecule has 11 heavy (non-hydrogen) atoms. The van der Waals surface area contributed by atoms with E-state index in [9.17, 15) is 0 Å². The summed E-state index contributed by atoms with van der Waals surface area (Å²) < 4.78 is 0. The van der Waals surface area contributed by atoms with Crippen LogP contribution in [0.15, 0.2) is 24.3 Å². The van der Waals surface area contributed by atoms with Crippen molar-refractivity contribution in [1.29, 1.82) is 0 Å². The van der Waals surface area contributed by atoms with Gasteiger partial charge in [0, 0.05) is 10.8 Å². The van der Waals surface area contributed by atoms with Crippen molar-refractivity contribution >= 4 is 0 Å². The molecule has 2 rings (SSSR count). The summed E-state index contributed by atoms with van der Waals surface area (Å²) in [5.41, 5.74) is 0.990. The average Bonchev–Trinajstić information content (AvgIpc) is 2.19. The summed E-state index contributed by atoms with van der Waals surface area (Å²) in [7, 11) is 0. The van der Waals surface area contributed by atoms with Gasteiger partial charge in [0.15, 0.2) is 0 Å². The molecule has 0 atom stereocenters. The Labute approximate surface area is 69.0 Å². The van der Waals surface area contributed by atoms with Crippen LogP contribution in [0.5, 0.6) is 0 Å². The molecule has 0 aromatic rings. The van der Waals surface area contributed by atoms with Gasteiger partial charge in [0.1, 0.15) is 0 Å². The van der Waals surface area contributed by atoms with Crippen molar-refractivity contribution in [1.82, 2.24) is 0 Å². The van der Waals surface area contributed by atoms with E-state index in [0.717, 1.165) is 0 Å². The molecule has 2 aliphatic rings. The summed E-state index contributed by atoms with van der Waals surface area (Å²) in [6.45, 7) is 9.34. The van der Waals surface area contributed by atoms with E-state index >= 15 is 0 Å². The summed E-state index contributed by atoms with van der Waals surface area (Å²) in [4.78, 5) is 0. The summed E-state index contributed by atoms with van der Waals surface area (Å²) >= 11 is 0. The average molecular weight is 148 g/mol. The lowest BCUT2D eigenvalue weighted by atomic mass is 9.64. The van der Waals surface area contributed by atoms with Crippen LogP contribution in [0.2, 0.25) is 0 Å². The van der Waals surface area contributed by atoms with Crippen LogP contribution in [0, 0.1) is 16.2 Å². The predicted octanol–water partition coefficient (Wildman–Crippen LogP) is 3.16. The maximum atomic E-state index is 2.35. The molecule has 2 aliphatic carbocycles. The normalized spacial score (nSPS) is 50.5. The first-order chi connectivity index (χ1) is 4.91. The number of hydrogen-bond donors (Lipinski definition) is 0. The summed E-state index contributed by atoms with van der Waals surface area (Å²) in [5, 5.41) is 0. The molecule has 0 fully saturated rings. The Morgan fingerprint density at radius 2 is 0.909 bits per heavy atom.